The molecule has 1 saturated heterocycles. The van der Waals surface area contributed by atoms with Gasteiger partial charge in [-0.25, -0.2) is 14.4 Å². The number of amides is 1. The number of carbonyl (C=O) groups excluding carboxylic acids is 1. The molecule has 1 amide bonds. The fourth-order valence-electron chi connectivity index (χ4n) is 3.72. The number of benzene rings is 2. The van der Waals surface area contributed by atoms with E-state index in [0.29, 0.717) is 64.6 Å². The second kappa shape index (κ2) is 9.40. The van der Waals surface area contributed by atoms with Gasteiger partial charge in [0.1, 0.15) is 17.9 Å². The first-order valence-corrected chi connectivity index (χ1v) is 11.2. The van der Waals surface area contributed by atoms with Gasteiger partial charge in [0, 0.05) is 31.2 Å². The summed E-state index contributed by atoms with van der Waals surface area (Å²) in [6.07, 6.45) is 1.45. The highest BCUT2D eigenvalue weighted by atomic mass is 35.5. The van der Waals surface area contributed by atoms with Crippen LogP contribution in [0.15, 0.2) is 48.8 Å². The van der Waals surface area contributed by atoms with Crippen molar-refractivity contribution in [2.24, 2.45) is 0 Å². The zero-order valence-corrected chi connectivity index (χ0v) is 19.2. The minimum absolute atomic E-state index is 0.120. The molecule has 9 nitrogen and oxygen atoms in total. The van der Waals surface area contributed by atoms with Crippen LogP contribution in [-0.2, 0) is 4.79 Å². The van der Waals surface area contributed by atoms with Crippen molar-refractivity contribution in [3.05, 3.63) is 64.7 Å². The lowest BCUT2D eigenvalue weighted by molar-refractivity contribution is -0.133. The maximum Gasteiger partial charge on any atom is 0.260 e. The van der Waals surface area contributed by atoms with Crippen LogP contribution < -0.4 is 9.64 Å². The quantitative estimate of drug-likeness (QED) is 0.414. The first-order valence-electron chi connectivity index (χ1n) is 10.4. The van der Waals surface area contributed by atoms with Crippen molar-refractivity contribution in [1.29, 1.82) is 0 Å². The topological polar surface area (TPSA) is 89.3 Å². The lowest BCUT2D eigenvalue weighted by atomic mass is 10.3. The first-order chi connectivity index (χ1) is 16.5. The molecule has 3 heterocycles. The van der Waals surface area contributed by atoms with Crippen LogP contribution in [0.1, 0.15) is 0 Å². The average molecular weight is 502 g/mol. The van der Waals surface area contributed by atoms with Crippen LogP contribution in [0.4, 0.5) is 10.2 Å². The lowest BCUT2D eigenvalue weighted by Crippen LogP contribution is -2.50. The Hall–Kier alpha value is -3.50. The second-order valence-electron chi connectivity index (χ2n) is 7.58. The molecule has 0 aliphatic carbocycles. The Morgan fingerprint density at radius 2 is 1.79 bits per heavy atom. The molecule has 0 bridgehead atoms. The summed E-state index contributed by atoms with van der Waals surface area (Å²) in [4.78, 5) is 25.1. The van der Waals surface area contributed by atoms with Crippen molar-refractivity contribution in [3.63, 3.8) is 0 Å². The molecule has 5 rings (SSSR count). The Balaban J connectivity index is 1.25. The van der Waals surface area contributed by atoms with Crippen molar-refractivity contribution < 1.29 is 13.9 Å². The smallest absolute Gasteiger partial charge is 0.260 e. The van der Waals surface area contributed by atoms with Crippen molar-refractivity contribution >= 4 is 46.1 Å². The summed E-state index contributed by atoms with van der Waals surface area (Å²) < 4.78 is 20.4. The minimum Gasteiger partial charge on any atom is -0.482 e. The third-order valence-electron chi connectivity index (χ3n) is 5.47. The number of nitrogens with zero attached hydrogens (tertiary/aromatic N) is 7. The monoisotopic (exact) mass is 501 g/mol. The van der Waals surface area contributed by atoms with Crippen LogP contribution in [0.5, 0.6) is 5.75 Å². The normalized spacial score (nSPS) is 14.0. The number of hydrogen-bond donors (Lipinski definition) is 0. The summed E-state index contributed by atoms with van der Waals surface area (Å²) in [7, 11) is 0. The molecule has 0 spiro atoms. The number of hydrogen-bond acceptors (Lipinski definition) is 7. The van der Waals surface area contributed by atoms with Crippen LogP contribution in [0.3, 0.4) is 0 Å². The van der Waals surface area contributed by atoms with E-state index in [2.05, 4.69) is 20.3 Å². The maximum absolute atomic E-state index is 13.3. The Labute approximate surface area is 203 Å². The van der Waals surface area contributed by atoms with Gasteiger partial charge in [-0.05, 0) is 42.5 Å². The molecule has 1 fully saturated rings. The van der Waals surface area contributed by atoms with Crippen molar-refractivity contribution in [1.82, 2.24) is 29.9 Å². The van der Waals surface area contributed by atoms with Gasteiger partial charge >= 0.3 is 0 Å². The third kappa shape index (κ3) is 4.46. The lowest BCUT2D eigenvalue weighted by Gasteiger charge is -2.35. The standard InChI is InChI=1S/C22H18Cl2FN7O2/c23-14-1-6-18(17(24)11-14)34-12-19(33)30-7-9-31(10-8-30)21-20-22(27-13-26-21)32(29-28-20)16-4-2-15(25)3-5-16/h1-6,11,13H,7-10,12H2. The highest BCUT2D eigenvalue weighted by molar-refractivity contribution is 6.35. The summed E-state index contributed by atoms with van der Waals surface area (Å²) in [6.45, 7) is 1.99. The van der Waals surface area contributed by atoms with E-state index in [9.17, 15) is 9.18 Å². The van der Waals surface area contributed by atoms with Gasteiger partial charge in [-0.15, -0.1) is 5.10 Å². The average Bonchev–Trinajstić information content (AvgIpc) is 3.28. The summed E-state index contributed by atoms with van der Waals surface area (Å²) in [6, 6.07) is 10.8. The number of piperazine rings is 1. The Morgan fingerprint density at radius 1 is 1.03 bits per heavy atom. The minimum atomic E-state index is -0.336. The van der Waals surface area contributed by atoms with E-state index in [-0.39, 0.29) is 18.3 Å². The molecule has 1 aliphatic heterocycles. The zero-order chi connectivity index (χ0) is 23.7. The van der Waals surface area contributed by atoms with Gasteiger partial charge in [-0.2, -0.15) is 4.68 Å². The van der Waals surface area contributed by atoms with Gasteiger partial charge in [-0.3, -0.25) is 4.79 Å². The molecule has 2 aromatic heterocycles. The number of halogens is 3. The van der Waals surface area contributed by atoms with Gasteiger partial charge in [0.2, 0.25) is 0 Å². The Kier molecular flexibility index (Phi) is 6.16. The molecule has 1 aliphatic rings. The number of fused-ring (bicyclic) bond motifs is 1. The zero-order valence-electron chi connectivity index (χ0n) is 17.7. The molecule has 174 valence electrons. The Bertz CT molecular complexity index is 1340. The molecule has 0 atom stereocenters. The van der Waals surface area contributed by atoms with E-state index < -0.39 is 0 Å². The SMILES string of the molecule is O=C(COc1ccc(Cl)cc1Cl)N1CCN(c2ncnc3c2nnn3-c2ccc(F)cc2)CC1. The largest absolute Gasteiger partial charge is 0.482 e. The fraction of sp³-hybridized carbons (Fsp3) is 0.227. The molecular formula is C22H18Cl2FN7O2. The molecule has 34 heavy (non-hydrogen) atoms. The van der Waals surface area contributed by atoms with Gasteiger partial charge in [0.15, 0.2) is 23.6 Å². The Morgan fingerprint density at radius 3 is 2.53 bits per heavy atom. The molecule has 2 aromatic carbocycles. The number of aromatic nitrogens is 5. The number of carbonyl (C=O) groups is 1. The van der Waals surface area contributed by atoms with Gasteiger partial charge in [-0.1, -0.05) is 28.4 Å². The van der Waals surface area contributed by atoms with Gasteiger partial charge in [0.25, 0.3) is 5.91 Å². The maximum atomic E-state index is 13.3. The highest BCUT2D eigenvalue weighted by Gasteiger charge is 2.25. The van der Waals surface area contributed by atoms with Crippen LogP contribution in [0.25, 0.3) is 16.9 Å². The molecule has 12 heteroatoms. The van der Waals surface area contributed by atoms with Crippen LogP contribution in [0, 0.1) is 5.82 Å². The number of anilines is 1. The molecule has 0 N–H and O–H groups in total. The third-order valence-corrected chi connectivity index (χ3v) is 6.00. The van der Waals surface area contributed by atoms with Crippen LogP contribution in [-0.4, -0.2) is 68.6 Å². The van der Waals surface area contributed by atoms with E-state index >= 15 is 0 Å². The summed E-state index contributed by atoms with van der Waals surface area (Å²) >= 11 is 12.0. The van der Waals surface area contributed by atoms with Gasteiger partial charge in [0.05, 0.1) is 10.7 Å². The van der Waals surface area contributed by atoms with E-state index in [0.717, 1.165) is 0 Å². The number of ether oxygens (including phenoxy) is 1. The predicted octanol–water partition coefficient (Wildman–Crippen LogP) is 3.38. The molecule has 4 aromatic rings. The summed E-state index contributed by atoms with van der Waals surface area (Å²) in [5, 5.41) is 9.28. The van der Waals surface area contributed by atoms with E-state index in [1.807, 2.05) is 4.90 Å². The fourth-order valence-corrected chi connectivity index (χ4v) is 4.18. The van der Waals surface area contributed by atoms with Crippen molar-refractivity contribution in [3.8, 4) is 11.4 Å². The summed E-state index contributed by atoms with van der Waals surface area (Å²) in [5.41, 5.74) is 1.69. The van der Waals surface area contributed by atoms with E-state index in [1.165, 1.54) is 18.5 Å². The molecule has 0 saturated carbocycles. The van der Waals surface area contributed by atoms with Crippen molar-refractivity contribution in [2.45, 2.75) is 0 Å². The van der Waals surface area contributed by atoms with Gasteiger partial charge < -0.3 is 14.5 Å². The molecular weight excluding hydrogens is 484 g/mol. The summed E-state index contributed by atoms with van der Waals surface area (Å²) in [5.74, 6) is 0.568. The van der Waals surface area contributed by atoms with Crippen LogP contribution >= 0.6 is 23.2 Å². The predicted molar refractivity (Wildman–Crippen MR) is 125 cm³/mol. The highest BCUT2D eigenvalue weighted by Crippen LogP contribution is 2.28. The first kappa shape index (κ1) is 22.3. The molecule has 0 radical (unpaired) electrons. The molecule has 0 unspecified atom stereocenters. The number of rotatable bonds is 5. The van der Waals surface area contributed by atoms with E-state index in [4.69, 9.17) is 27.9 Å². The van der Waals surface area contributed by atoms with E-state index in [1.54, 1.807) is 39.9 Å². The second-order valence-corrected chi connectivity index (χ2v) is 8.42. The van der Waals surface area contributed by atoms with Crippen LogP contribution in [0.2, 0.25) is 10.0 Å². The van der Waals surface area contributed by atoms with Crippen molar-refractivity contribution in [2.75, 3.05) is 37.7 Å².